The summed E-state index contributed by atoms with van der Waals surface area (Å²) in [6.45, 7) is 3.79. The lowest BCUT2D eigenvalue weighted by Gasteiger charge is -2.07. The van der Waals surface area contributed by atoms with Crippen LogP contribution in [0.2, 0.25) is 5.02 Å². The van der Waals surface area contributed by atoms with Gasteiger partial charge in [0, 0.05) is 11.3 Å². The highest BCUT2D eigenvalue weighted by Crippen LogP contribution is 2.24. The molecule has 0 fully saturated rings. The highest BCUT2D eigenvalue weighted by Gasteiger charge is 2.09. The van der Waals surface area contributed by atoms with E-state index >= 15 is 0 Å². The van der Waals surface area contributed by atoms with E-state index in [4.69, 9.17) is 11.6 Å². The van der Waals surface area contributed by atoms with Crippen molar-refractivity contribution in [2.24, 2.45) is 0 Å². The van der Waals surface area contributed by atoms with Crippen LogP contribution in [0.1, 0.15) is 21.6 Å². The van der Waals surface area contributed by atoms with Gasteiger partial charge in [-0.3, -0.25) is 4.79 Å². The number of aromatic nitrogens is 1. The number of hydrogen-bond acceptors (Lipinski definition) is 3. The minimum Gasteiger partial charge on any atom is -0.506 e. The van der Waals surface area contributed by atoms with Crippen LogP contribution in [0.15, 0.2) is 30.3 Å². The largest absolute Gasteiger partial charge is 0.506 e. The second-order valence-electron chi connectivity index (χ2n) is 4.29. The van der Waals surface area contributed by atoms with E-state index in [2.05, 4.69) is 10.3 Å². The maximum Gasteiger partial charge on any atom is 0.256 e. The normalized spacial score (nSPS) is 10.3. The molecule has 1 aromatic carbocycles. The number of nitrogens with one attached hydrogen (secondary N) is 1. The van der Waals surface area contributed by atoms with E-state index in [0.717, 1.165) is 11.3 Å². The van der Waals surface area contributed by atoms with E-state index < -0.39 is 0 Å². The van der Waals surface area contributed by atoms with E-state index in [-0.39, 0.29) is 16.7 Å². The van der Waals surface area contributed by atoms with Crippen molar-refractivity contribution in [3.8, 4) is 5.75 Å². The molecule has 0 aliphatic carbocycles. The Morgan fingerprint density at radius 1 is 1.26 bits per heavy atom. The minimum absolute atomic E-state index is 0.0530. The monoisotopic (exact) mass is 276 g/mol. The number of anilines is 1. The number of phenolic OH excluding ortho intramolecular Hbond substituents is 1. The second kappa shape index (κ2) is 5.28. The van der Waals surface area contributed by atoms with Gasteiger partial charge in [0.15, 0.2) is 0 Å². The molecule has 0 unspecified atom stereocenters. The Balaban J connectivity index is 2.22. The maximum absolute atomic E-state index is 12.0. The number of hydrogen-bond donors (Lipinski definition) is 2. The number of carbonyl (C=O) groups is 1. The molecule has 0 atom stereocenters. The van der Waals surface area contributed by atoms with Gasteiger partial charge < -0.3 is 10.4 Å². The van der Waals surface area contributed by atoms with Gasteiger partial charge in [-0.15, -0.1) is 0 Å². The molecule has 2 N–H and O–H groups in total. The first-order valence-electron chi connectivity index (χ1n) is 5.71. The van der Waals surface area contributed by atoms with E-state index in [1.54, 1.807) is 6.07 Å². The van der Waals surface area contributed by atoms with Gasteiger partial charge in [0.25, 0.3) is 5.91 Å². The summed E-state index contributed by atoms with van der Waals surface area (Å²) in [5.74, 6) is 0.119. The Labute approximate surface area is 116 Å². The highest BCUT2D eigenvalue weighted by molar-refractivity contribution is 6.32. The number of nitrogens with zero attached hydrogens (tertiary/aromatic N) is 1. The zero-order valence-electron chi connectivity index (χ0n) is 10.6. The van der Waals surface area contributed by atoms with Gasteiger partial charge in [0.05, 0.1) is 5.02 Å². The summed E-state index contributed by atoms with van der Waals surface area (Å²) in [5.41, 5.74) is 2.22. The average molecular weight is 277 g/mol. The number of phenols is 1. The van der Waals surface area contributed by atoms with Gasteiger partial charge in [0.2, 0.25) is 0 Å². The Morgan fingerprint density at radius 2 is 2.00 bits per heavy atom. The molecule has 4 nitrogen and oxygen atoms in total. The third-order valence-corrected chi connectivity index (χ3v) is 2.85. The van der Waals surface area contributed by atoms with E-state index in [0.29, 0.717) is 11.4 Å². The molecule has 0 spiro atoms. The fourth-order valence-corrected chi connectivity index (χ4v) is 1.92. The molecule has 0 bridgehead atoms. The van der Waals surface area contributed by atoms with Crippen molar-refractivity contribution in [1.29, 1.82) is 0 Å². The lowest BCUT2D eigenvalue weighted by molar-refractivity contribution is 0.102. The Kier molecular flexibility index (Phi) is 3.71. The maximum atomic E-state index is 12.0. The van der Waals surface area contributed by atoms with E-state index in [1.807, 2.05) is 19.9 Å². The molecular formula is C14H13ClN2O2. The van der Waals surface area contributed by atoms with Gasteiger partial charge in [0.1, 0.15) is 11.6 Å². The van der Waals surface area contributed by atoms with Gasteiger partial charge in [-0.2, -0.15) is 0 Å². The molecule has 1 aromatic heterocycles. The number of amides is 1. The summed E-state index contributed by atoms with van der Waals surface area (Å²) >= 11 is 5.77. The molecule has 2 aromatic rings. The predicted octanol–water partition coefficient (Wildman–Crippen LogP) is 3.31. The Bertz CT molecular complexity index is 621. The summed E-state index contributed by atoms with van der Waals surface area (Å²) in [6, 6.07) is 8.00. The topological polar surface area (TPSA) is 62.2 Å². The van der Waals surface area contributed by atoms with Crippen LogP contribution in [0.3, 0.4) is 0 Å². The molecule has 1 amide bonds. The van der Waals surface area contributed by atoms with Crippen molar-refractivity contribution in [1.82, 2.24) is 4.98 Å². The molecule has 1 heterocycles. The summed E-state index contributed by atoms with van der Waals surface area (Å²) in [7, 11) is 0. The van der Waals surface area contributed by atoms with Crippen molar-refractivity contribution in [3.63, 3.8) is 0 Å². The first-order valence-corrected chi connectivity index (χ1v) is 6.08. The fourth-order valence-electron chi connectivity index (χ4n) is 1.74. The lowest BCUT2D eigenvalue weighted by atomic mass is 10.2. The number of carbonyl (C=O) groups excluding carboxylic acids is 1. The average Bonchev–Trinajstić information content (AvgIpc) is 2.31. The molecular weight excluding hydrogens is 264 g/mol. The standard InChI is InChI=1S/C14H13ClN2O2/c1-8-5-9(2)16-13(6-8)17-14(19)10-3-4-12(18)11(15)7-10/h3-7,18H,1-2H3,(H,16,17,19). The smallest absolute Gasteiger partial charge is 0.256 e. The van der Waals surface area contributed by atoms with Crippen LogP contribution in [0.5, 0.6) is 5.75 Å². The molecule has 0 radical (unpaired) electrons. The summed E-state index contributed by atoms with van der Waals surface area (Å²) < 4.78 is 0. The molecule has 0 saturated heterocycles. The molecule has 0 aliphatic heterocycles. The summed E-state index contributed by atoms with van der Waals surface area (Å²) in [5, 5.41) is 12.1. The lowest BCUT2D eigenvalue weighted by Crippen LogP contribution is -2.13. The van der Waals surface area contributed by atoms with Crippen molar-refractivity contribution >= 4 is 23.3 Å². The van der Waals surface area contributed by atoms with Crippen molar-refractivity contribution in [2.75, 3.05) is 5.32 Å². The predicted molar refractivity (Wildman–Crippen MR) is 74.8 cm³/mol. The van der Waals surface area contributed by atoms with Crippen LogP contribution < -0.4 is 5.32 Å². The number of aromatic hydroxyl groups is 1. The third-order valence-electron chi connectivity index (χ3n) is 2.55. The zero-order chi connectivity index (χ0) is 14.0. The SMILES string of the molecule is Cc1cc(C)nc(NC(=O)c2ccc(O)c(Cl)c2)c1. The quantitative estimate of drug-likeness (QED) is 0.884. The molecule has 0 aliphatic rings. The number of halogens is 1. The highest BCUT2D eigenvalue weighted by atomic mass is 35.5. The number of pyridine rings is 1. The fraction of sp³-hybridized carbons (Fsp3) is 0.143. The van der Waals surface area contributed by atoms with Crippen molar-refractivity contribution < 1.29 is 9.90 Å². The van der Waals surface area contributed by atoms with Crippen molar-refractivity contribution in [2.45, 2.75) is 13.8 Å². The van der Waals surface area contributed by atoms with Crippen molar-refractivity contribution in [3.05, 3.63) is 52.2 Å². The van der Waals surface area contributed by atoms with Gasteiger partial charge in [-0.1, -0.05) is 11.6 Å². The number of aryl methyl sites for hydroxylation is 2. The molecule has 98 valence electrons. The second-order valence-corrected chi connectivity index (χ2v) is 4.70. The van der Waals surface area contributed by atoms with Crippen LogP contribution in [-0.4, -0.2) is 16.0 Å². The molecule has 0 saturated carbocycles. The third kappa shape index (κ3) is 3.23. The van der Waals surface area contributed by atoms with Crippen LogP contribution in [0.25, 0.3) is 0 Å². The van der Waals surface area contributed by atoms with E-state index in [1.165, 1.54) is 18.2 Å². The summed E-state index contributed by atoms with van der Waals surface area (Å²) in [6.07, 6.45) is 0. The molecule has 2 rings (SSSR count). The van der Waals surface area contributed by atoms with Crippen LogP contribution >= 0.6 is 11.6 Å². The van der Waals surface area contributed by atoms with E-state index in [9.17, 15) is 9.90 Å². The van der Waals surface area contributed by atoms with Gasteiger partial charge in [-0.05, 0) is 49.7 Å². The van der Waals surface area contributed by atoms with Gasteiger partial charge >= 0.3 is 0 Å². The minimum atomic E-state index is -0.320. The molecule has 5 heteroatoms. The first kappa shape index (κ1) is 13.4. The summed E-state index contributed by atoms with van der Waals surface area (Å²) in [4.78, 5) is 16.2. The first-order chi connectivity index (χ1) is 8.95. The zero-order valence-corrected chi connectivity index (χ0v) is 11.3. The molecule has 19 heavy (non-hydrogen) atoms. The van der Waals surface area contributed by atoms with Crippen LogP contribution in [0.4, 0.5) is 5.82 Å². The van der Waals surface area contributed by atoms with Crippen LogP contribution in [0, 0.1) is 13.8 Å². The van der Waals surface area contributed by atoms with Gasteiger partial charge in [-0.25, -0.2) is 4.98 Å². The number of rotatable bonds is 2. The van der Waals surface area contributed by atoms with Crippen LogP contribution in [-0.2, 0) is 0 Å². The Morgan fingerprint density at radius 3 is 2.63 bits per heavy atom. The Hall–Kier alpha value is -2.07. The number of benzene rings is 1.